The first kappa shape index (κ1) is 19.2. The molecule has 0 radical (unpaired) electrons. The molecule has 3 aromatic heterocycles. The molecule has 0 saturated carbocycles. The molecular formula is C17H16BrF2N5O2. The molecule has 1 N–H and O–H groups in total. The van der Waals surface area contributed by atoms with Crippen LogP contribution < -0.4 is 10.9 Å². The van der Waals surface area contributed by atoms with E-state index in [0.29, 0.717) is 12.4 Å². The number of carbonyl (C=O) groups excluding carboxylic acids is 1. The summed E-state index contributed by atoms with van der Waals surface area (Å²) >= 11 is 3.25. The van der Waals surface area contributed by atoms with E-state index in [-0.39, 0.29) is 35.5 Å². The van der Waals surface area contributed by atoms with Crippen molar-refractivity contribution < 1.29 is 13.6 Å². The van der Waals surface area contributed by atoms with E-state index < -0.39 is 12.0 Å². The van der Waals surface area contributed by atoms with Crippen LogP contribution in [0.3, 0.4) is 0 Å². The lowest BCUT2D eigenvalue weighted by molar-refractivity contribution is -0.116. The number of halogens is 3. The van der Waals surface area contributed by atoms with Gasteiger partial charge in [0.2, 0.25) is 5.91 Å². The van der Waals surface area contributed by atoms with Gasteiger partial charge in [-0.15, -0.1) is 0 Å². The maximum Gasteiger partial charge on any atom is 0.264 e. The third kappa shape index (κ3) is 4.21. The van der Waals surface area contributed by atoms with Crippen LogP contribution in [0.25, 0.3) is 11.0 Å². The standard InChI is InChI=1S/C17H16BrF2N5O2/c1-2-24-9-12-11(16(19)20)7-15(27)25(17(12)23-24)6-5-14(26)22-13-4-3-10(18)8-21-13/h3-4,7-9,16H,2,5-6H2,1H3,(H,21,22,26). The number of rotatable bonds is 6. The number of carbonyl (C=O) groups is 1. The molecule has 1 amide bonds. The average molecular weight is 440 g/mol. The highest BCUT2D eigenvalue weighted by Gasteiger charge is 2.19. The number of anilines is 1. The van der Waals surface area contributed by atoms with Gasteiger partial charge < -0.3 is 5.32 Å². The van der Waals surface area contributed by atoms with Gasteiger partial charge in [-0.05, 0) is 35.0 Å². The smallest absolute Gasteiger partial charge is 0.264 e. The Hall–Kier alpha value is -2.62. The molecule has 0 aliphatic heterocycles. The number of nitrogens with zero attached hydrogens (tertiary/aromatic N) is 4. The molecule has 0 fully saturated rings. The predicted molar refractivity (Wildman–Crippen MR) is 99.8 cm³/mol. The first-order valence-corrected chi connectivity index (χ1v) is 8.98. The van der Waals surface area contributed by atoms with E-state index in [0.717, 1.165) is 10.5 Å². The molecule has 0 aliphatic rings. The van der Waals surface area contributed by atoms with E-state index in [2.05, 4.69) is 31.3 Å². The second-order valence-electron chi connectivity index (χ2n) is 5.77. The van der Waals surface area contributed by atoms with Crippen LogP contribution in [0.15, 0.2) is 39.9 Å². The minimum atomic E-state index is -2.78. The summed E-state index contributed by atoms with van der Waals surface area (Å²) in [6.45, 7) is 2.30. The van der Waals surface area contributed by atoms with Crippen molar-refractivity contribution in [1.82, 2.24) is 19.3 Å². The Morgan fingerprint density at radius 3 is 2.78 bits per heavy atom. The highest BCUT2D eigenvalue weighted by Crippen LogP contribution is 2.25. The van der Waals surface area contributed by atoms with E-state index in [1.165, 1.54) is 15.4 Å². The van der Waals surface area contributed by atoms with Crippen molar-refractivity contribution in [2.75, 3.05) is 5.32 Å². The van der Waals surface area contributed by atoms with Crippen molar-refractivity contribution in [3.8, 4) is 0 Å². The van der Waals surface area contributed by atoms with Gasteiger partial charge in [-0.3, -0.25) is 18.8 Å². The van der Waals surface area contributed by atoms with Crippen LogP contribution in [0, 0.1) is 0 Å². The molecule has 3 heterocycles. The predicted octanol–water partition coefficient (Wildman–Crippen LogP) is 3.34. The zero-order valence-corrected chi connectivity index (χ0v) is 15.9. The van der Waals surface area contributed by atoms with Gasteiger partial charge >= 0.3 is 0 Å². The fraction of sp³-hybridized carbons (Fsp3) is 0.294. The number of aryl methyl sites for hydroxylation is 2. The van der Waals surface area contributed by atoms with Crippen LogP contribution in [0.5, 0.6) is 0 Å². The molecule has 0 saturated heterocycles. The molecule has 3 aromatic rings. The first-order valence-electron chi connectivity index (χ1n) is 8.19. The SMILES string of the molecule is CCn1cc2c(C(F)F)cc(=O)n(CCC(=O)Nc3ccc(Br)cn3)c2n1. The van der Waals surface area contributed by atoms with Crippen LogP contribution in [0.1, 0.15) is 25.3 Å². The zero-order valence-electron chi connectivity index (χ0n) is 14.3. The summed E-state index contributed by atoms with van der Waals surface area (Å²) in [5.74, 6) is 0.0294. The topological polar surface area (TPSA) is 81.8 Å². The third-order valence-corrected chi connectivity index (χ3v) is 4.44. The van der Waals surface area contributed by atoms with Crippen molar-refractivity contribution in [1.29, 1.82) is 0 Å². The summed E-state index contributed by atoms with van der Waals surface area (Å²) in [5, 5.41) is 7.03. The highest BCUT2D eigenvalue weighted by atomic mass is 79.9. The Balaban J connectivity index is 1.84. The minimum absolute atomic E-state index is 0.0158. The van der Waals surface area contributed by atoms with Gasteiger partial charge in [0.1, 0.15) is 5.82 Å². The Bertz CT molecular complexity index is 1030. The van der Waals surface area contributed by atoms with Gasteiger partial charge in [-0.25, -0.2) is 13.8 Å². The van der Waals surface area contributed by atoms with E-state index in [1.54, 1.807) is 18.3 Å². The molecule has 3 rings (SSSR count). The quantitative estimate of drug-likeness (QED) is 0.638. The largest absolute Gasteiger partial charge is 0.311 e. The van der Waals surface area contributed by atoms with Crippen LogP contribution in [-0.2, 0) is 17.9 Å². The van der Waals surface area contributed by atoms with Gasteiger partial charge in [-0.2, -0.15) is 5.10 Å². The van der Waals surface area contributed by atoms with Gasteiger partial charge in [0.05, 0.1) is 0 Å². The Labute approximate surface area is 161 Å². The summed E-state index contributed by atoms with van der Waals surface area (Å²) in [6, 6.07) is 4.27. The lowest BCUT2D eigenvalue weighted by Crippen LogP contribution is -2.24. The summed E-state index contributed by atoms with van der Waals surface area (Å²) in [4.78, 5) is 28.5. The molecule has 142 valence electrons. The normalized spacial score (nSPS) is 11.3. The summed E-state index contributed by atoms with van der Waals surface area (Å²) < 4.78 is 30.0. The summed E-state index contributed by atoms with van der Waals surface area (Å²) in [6.07, 6.45) is 0.221. The first-order chi connectivity index (χ1) is 12.9. The number of aromatic nitrogens is 4. The van der Waals surface area contributed by atoms with Crippen LogP contribution in [0.2, 0.25) is 0 Å². The third-order valence-electron chi connectivity index (χ3n) is 3.97. The monoisotopic (exact) mass is 439 g/mol. The van der Waals surface area contributed by atoms with Gasteiger partial charge in [0.15, 0.2) is 5.65 Å². The zero-order chi connectivity index (χ0) is 19.6. The van der Waals surface area contributed by atoms with Crippen molar-refractivity contribution in [3.05, 3.63) is 51.0 Å². The molecule has 0 bridgehead atoms. The second-order valence-corrected chi connectivity index (χ2v) is 6.69. The maximum absolute atomic E-state index is 13.2. The lowest BCUT2D eigenvalue weighted by atomic mass is 10.2. The number of nitrogens with one attached hydrogen (secondary N) is 1. The minimum Gasteiger partial charge on any atom is -0.311 e. The van der Waals surface area contributed by atoms with E-state index >= 15 is 0 Å². The van der Waals surface area contributed by atoms with Crippen molar-refractivity contribution >= 4 is 38.7 Å². The molecule has 7 nitrogen and oxygen atoms in total. The molecule has 0 aliphatic carbocycles. The number of hydrogen-bond acceptors (Lipinski definition) is 4. The number of alkyl halides is 2. The number of fused-ring (bicyclic) bond motifs is 1. The fourth-order valence-corrected chi connectivity index (χ4v) is 2.87. The molecule has 0 unspecified atom stereocenters. The van der Waals surface area contributed by atoms with Crippen LogP contribution in [0.4, 0.5) is 14.6 Å². The molecule has 0 spiro atoms. The van der Waals surface area contributed by atoms with Gasteiger partial charge in [0, 0.05) is 53.4 Å². The van der Waals surface area contributed by atoms with Gasteiger partial charge in [0.25, 0.3) is 12.0 Å². The second kappa shape index (κ2) is 7.95. The van der Waals surface area contributed by atoms with E-state index in [1.807, 2.05) is 6.92 Å². The summed E-state index contributed by atoms with van der Waals surface area (Å²) in [7, 11) is 0. The van der Waals surface area contributed by atoms with Crippen molar-refractivity contribution in [2.24, 2.45) is 0 Å². The Kier molecular flexibility index (Phi) is 5.64. The highest BCUT2D eigenvalue weighted by molar-refractivity contribution is 9.10. The number of amides is 1. The average Bonchev–Trinajstić information content (AvgIpc) is 3.06. The Morgan fingerprint density at radius 1 is 1.37 bits per heavy atom. The molecular weight excluding hydrogens is 424 g/mol. The lowest BCUT2D eigenvalue weighted by Gasteiger charge is -2.09. The van der Waals surface area contributed by atoms with Crippen LogP contribution >= 0.6 is 15.9 Å². The summed E-state index contributed by atoms with van der Waals surface area (Å²) in [5.41, 5.74) is -0.822. The molecule has 27 heavy (non-hydrogen) atoms. The number of pyridine rings is 2. The molecule has 10 heteroatoms. The van der Waals surface area contributed by atoms with Crippen molar-refractivity contribution in [2.45, 2.75) is 32.9 Å². The Morgan fingerprint density at radius 2 is 2.15 bits per heavy atom. The molecule has 0 atom stereocenters. The fourth-order valence-electron chi connectivity index (χ4n) is 2.63. The van der Waals surface area contributed by atoms with Gasteiger partial charge in [-0.1, -0.05) is 0 Å². The number of hydrogen-bond donors (Lipinski definition) is 1. The van der Waals surface area contributed by atoms with Crippen molar-refractivity contribution in [3.63, 3.8) is 0 Å². The van der Waals surface area contributed by atoms with E-state index in [4.69, 9.17) is 0 Å². The molecule has 0 aromatic carbocycles. The van der Waals surface area contributed by atoms with E-state index in [9.17, 15) is 18.4 Å². The van der Waals surface area contributed by atoms with Crippen LogP contribution in [-0.4, -0.2) is 25.2 Å². The maximum atomic E-state index is 13.2.